The van der Waals surface area contributed by atoms with E-state index in [-0.39, 0.29) is 17.0 Å². The molecule has 6 nitrogen and oxygen atoms in total. The van der Waals surface area contributed by atoms with Crippen LogP contribution in [0.25, 0.3) is 0 Å². The quantitative estimate of drug-likeness (QED) is 0.812. The fraction of sp³-hybridized carbons (Fsp3) is 0.263. The third-order valence-corrected chi connectivity index (χ3v) is 3.87. The molecule has 0 radical (unpaired) electrons. The lowest BCUT2D eigenvalue weighted by Gasteiger charge is -2.20. The smallest absolute Gasteiger partial charge is 0.418 e. The molecule has 0 heterocycles. The van der Waals surface area contributed by atoms with Crippen LogP contribution in [0.2, 0.25) is 0 Å². The van der Waals surface area contributed by atoms with Crippen molar-refractivity contribution in [1.82, 2.24) is 4.90 Å². The van der Waals surface area contributed by atoms with Crippen LogP contribution in [0, 0.1) is 0 Å². The summed E-state index contributed by atoms with van der Waals surface area (Å²) < 4.78 is 49.4. The average molecular weight is 396 g/mol. The Morgan fingerprint density at radius 3 is 2.32 bits per heavy atom. The number of likely N-dealkylation sites (N-methyl/N-ethyl adjacent to an activating group) is 1. The summed E-state index contributed by atoms with van der Waals surface area (Å²) in [5.41, 5.74) is -1.18. The normalized spacial score (nSPS) is 10.9. The Hall–Kier alpha value is -3.23. The molecule has 0 saturated heterocycles. The maximum absolute atomic E-state index is 13.0. The molecule has 0 aromatic heterocycles. The van der Waals surface area contributed by atoms with Gasteiger partial charge in [0.25, 0.3) is 5.91 Å². The molecule has 0 aliphatic heterocycles. The largest absolute Gasteiger partial charge is 0.493 e. The molecule has 0 aliphatic rings. The molecule has 0 saturated carbocycles. The number of nitrogens with zero attached hydrogens (tertiary/aromatic N) is 1. The van der Waals surface area contributed by atoms with Gasteiger partial charge in [-0.3, -0.25) is 9.59 Å². The summed E-state index contributed by atoms with van der Waals surface area (Å²) in [7, 11) is 4.15. The summed E-state index contributed by atoms with van der Waals surface area (Å²) in [4.78, 5) is 25.9. The molecule has 0 spiro atoms. The Morgan fingerprint density at radius 2 is 1.71 bits per heavy atom. The van der Waals surface area contributed by atoms with E-state index in [1.807, 2.05) is 0 Å². The van der Waals surface area contributed by atoms with E-state index in [1.165, 1.54) is 39.5 Å². The number of anilines is 1. The lowest BCUT2D eigenvalue weighted by Crippen LogP contribution is -2.35. The summed E-state index contributed by atoms with van der Waals surface area (Å²) in [6, 6.07) is 9.30. The zero-order valence-electron chi connectivity index (χ0n) is 15.5. The maximum atomic E-state index is 13.0. The molecule has 0 atom stereocenters. The highest BCUT2D eigenvalue weighted by atomic mass is 19.4. The number of ether oxygens (including phenoxy) is 2. The number of halogens is 3. The summed E-state index contributed by atoms with van der Waals surface area (Å²) >= 11 is 0. The number of nitrogens with one attached hydrogen (secondary N) is 1. The molecule has 0 aliphatic carbocycles. The number of alkyl halides is 3. The maximum Gasteiger partial charge on any atom is 0.418 e. The van der Waals surface area contributed by atoms with Crippen molar-refractivity contribution >= 4 is 17.5 Å². The minimum absolute atomic E-state index is 0.160. The molecular formula is C19H19F3N2O4. The first-order valence-corrected chi connectivity index (χ1v) is 8.11. The second-order valence-corrected chi connectivity index (χ2v) is 5.79. The van der Waals surface area contributed by atoms with Crippen LogP contribution in [0.5, 0.6) is 11.5 Å². The van der Waals surface area contributed by atoms with Gasteiger partial charge in [-0.15, -0.1) is 0 Å². The van der Waals surface area contributed by atoms with Crippen molar-refractivity contribution in [3.05, 3.63) is 53.6 Å². The van der Waals surface area contributed by atoms with Gasteiger partial charge in [0, 0.05) is 7.05 Å². The first-order valence-electron chi connectivity index (χ1n) is 8.11. The number of benzene rings is 2. The number of para-hydroxylation sites is 2. The molecule has 2 aromatic carbocycles. The van der Waals surface area contributed by atoms with E-state index in [2.05, 4.69) is 5.32 Å². The van der Waals surface area contributed by atoms with Gasteiger partial charge < -0.3 is 19.7 Å². The zero-order chi connectivity index (χ0) is 20.9. The average Bonchev–Trinajstić information content (AvgIpc) is 2.65. The number of rotatable bonds is 6. The molecule has 28 heavy (non-hydrogen) atoms. The minimum atomic E-state index is -4.61. The summed E-state index contributed by atoms with van der Waals surface area (Å²) in [6.07, 6.45) is -4.61. The summed E-state index contributed by atoms with van der Waals surface area (Å²) in [5, 5.41) is 2.20. The highest BCUT2D eigenvalue weighted by molar-refractivity contribution is 6.01. The van der Waals surface area contributed by atoms with Crippen molar-refractivity contribution < 1.29 is 32.2 Å². The van der Waals surface area contributed by atoms with Crippen LogP contribution in [0.3, 0.4) is 0 Å². The van der Waals surface area contributed by atoms with Crippen LogP contribution >= 0.6 is 0 Å². The molecule has 0 unspecified atom stereocenters. The van der Waals surface area contributed by atoms with E-state index >= 15 is 0 Å². The van der Waals surface area contributed by atoms with Crippen LogP contribution in [0.1, 0.15) is 15.9 Å². The van der Waals surface area contributed by atoms with Crippen molar-refractivity contribution in [2.75, 3.05) is 33.1 Å². The monoisotopic (exact) mass is 396 g/mol. The van der Waals surface area contributed by atoms with E-state index in [9.17, 15) is 22.8 Å². The van der Waals surface area contributed by atoms with Crippen molar-refractivity contribution in [2.45, 2.75) is 6.18 Å². The lowest BCUT2D eigenvalue weighted by atomic mass is 10.1. The van der Waals surface area contributed by atoms with Crippen molar-refractivity contribution in [1.29, 1.82) is 0 Å². The molecule has 0 fully saturated rings. The van der Waals surface area contributed by atoms with Crippen molar-refractivity contribution in [3.63, 3.8) is 0 Å². The molecule has 1 N–H and O–H groups in total. The number of carbonyl (C=O) groups excluding carboxylic acids is 2. The molecule has 2 aromatic rings. The van der Waals surface area contributed by atoms with Gasteiger partial charge in [0.1, 0.15) is 0 Å². The van der Waals surface area contributed by atoms with Crippen LogP contribution in [0.4, 0.5) is 18.9 Å². The fourth-order valence-corrected chi connectivity index (χ4v) is 2.58. The van der Waals surface area contributed by atoms with Gasteiger partial charge in [0.2, 0.25) is 5.91 Å². The van der Waals surface area contributed by atoms with E-state index in [4.69, 9.17) is 9.47 Å². The Balaban J connectivity index is 2.15. The van der Waals surface area contributed by atoms with E-state index in [1.54, 1.807) is 12.1 Å². The zero-order valence-corrected chi connectivity index (χ0v) is 15.5. The summed E-state index contributed by atoms with van der Waals surface area (Å²) in [5.74, 6) is -0.778. The predicted molar refractivity (Wildman–Crippen MR) is 96.6 cm³/mol. The van der Waals surface area contributed by atoms with E-state index in [0.29, 0.717) is 5.75 Å². The number of amides is 2. The highest BCUT2D eigenvalue weighted by Crippen LogP contribution is 2.34. The van der Waals surface area contributed by atoms with Gasteiger partial charge in [-0.1, -0.05) is 18.2 Å². The fourth-order valence-electron chi connectivity index (χ4n) is 2.58. The highest BCUT2D eigenvalue weighted by Gasteiger charge is 2.33. The van der Waals surface area contributed by atoms with Crippen LogP contribution in [-0.2, 0) is 11.0 Å². The standard InChI is InChI=1S/C19H19F3N2O4/c1-24(18(26)12-7-6-10-15(27-2)17(12)28-3)11-16(25)23-14-9-5-4-8-13(14)19(20,21)22/h4-10H,11H2,1-3H3,(H,23,25). The Bertz CT molecular complexity index is 868. The van der Waals surface area contributed by atoms with E-state index < -0.39 is 30.1 Å². The predicted octanol–water partition coefficient (Wildman–Crippen LogP) is 3.43. The van der Waals surface area contributed by atoms with Gasteiger partial charge in [-0.25, -0.2) is 0 Å². The topological polar surface area (TPSA) is 67.9 Å². The molecule has 0 bridgehead atoms. The number of carbonyl (C=O) groups is 2. The lowest BCUT2D eigenvalue weighted by molar-refractivity contribution is -0.137. The number of methoxy groups -OCH3 is 2. The third kappa shape index (κ3) is 4.73. The van der Waals surface area contributed by atoms with Crippen LogP contribution in [0.15, 0.2) is 42.5 Å². The Morgan fingerprint density at radius 1 is 1.04 bits per heavy atom. The molecule has 2 amide bonds. The van der Waals surface area contributed by atoms with Gasteiger partial charge in [-0.2, -0.15) is 13.2 Å². The van der Waals surface area contributed by atoms with Crippen LogP contribution in [-0.4, -0.2) is 44.5 Å². The Kier molecular flexibility index (Phi) is 6.50. The molecule has 2 rings (SSSR count). The number of hydrogen-bond acceptors (Lipinski definition) is 4. The molecular weight excluding hydrogens is 377 g/mol. The van der Waals surface area contributed by atoms with Gasteiger partial charge in [-0.05, 0) is 24.3 Å². The third-order valence-electron chi connectivity index (χ3n) is 3.87. The minimum Gasteiger partial charge on any atom is -0.493 e. The Labute approximate surface area is 159 Å². The van der Waals surface area contributed by atoms with E-state index in [0.717, 1.165) is 17.0 Å². The molecule has 150 valence electrons. The first kappa shape index (κ1) is 21.1. The summed E-state index contributed by atoms with van der Waals surface area (Å²) in [6.45, 7) is -0.453. The second-order valence-electron chi connectivity index (χ2n) is 5.79. The number of hydrogen-bond donors (Lipinski definition) is 1. The van der Waals surface area contributed by atoms with Gasteiger partial charge in [0.05, 0.1) is 37.6 Å². The van der Waals surface area contributed by atoms with Gasteiger partial charge in [0.15, 0.2) is 11.5 Å². The van der Waals surface area contributed by atoms with Crippen LogP contribution < -0.4 is 14.8 Å². The van der Waals surface area contributed by atoms with Gasteiger partial charge >= 0.3 is 6.18 Å². The van der Waals surface area contributed by atoms with Crippen molar-refractivity contribution in [2.24, 2.45) is 0 Å². The second kappa shape index (κ2) is 8.64. The first-order chi connectivity index (χ1) is 13.2. The van der Waals surface area contributed by atoms with Crippen molar-refractivity contribution in [3.8, 4) is 11.5 Å². The molecule has 9 heteroatoms. The SMILES string of the molecule is COc1cccc(C(=O)N(C)CC(=O)Nc2ccccc2C(F)(F)F)c1OC.